The van der Waals surface area contributed by atoms with Crippen LogP contribution in [0.25, 0.3) is 0 Å². The minimum Gasteiger partial charge on any atom is -0.383 e. The van der Waals surface area contributed by atoms with Gasteiger partial charge in [-0.2, -0.15) is 0 Å². The van der Waals surface area contributed by atoms with E-state index in [-0.39, 0.29) is 11.9 Å². The molecule has 0 saturated carbocycles. The van der Waals surface area contributed by atoms with E-state index in [9.17, 15) is 4.79 Å². The van der Waals surface area contributed by atoms with E-state index in [2.05, 4.69) is 34.4 Å². The Kier molecular flexibility index (Phi) is 7.15. The van der Waals surface area contributed by atoms with Gasteiger partial charge in [-0.25, -0.2) is 0 Å². The first-order valence-corrected chi connectivity index (χ1v) is 7.57. The molecule has 0 saturated heterocycles. The lowest BCUT2D eigenvalue weighted by molar-refractivity contribution is 0.0925. The van der Waals surface area contributed by atoms with Crippen molar-refractivity contribution in [3.05, 3.63) is 24.0 Å². The van der Waals surface area contributed by atoms with Crippen molar-refractivity contribution in [2.24, 2.45) is 5.92 Å². The lowest BCUT2D eigenvalue weighted by Crippen LogP contribution is -2.42. The predicted molar refractivity (Wildman–Crippen MR) is 87.7 cm³/mol. The lowest BCUT2D eigenvalue weighted by atomic mass is 10.0. The van der Waals surface area contributed by atoms with E-state index in [0.29, 0.717) is 11.5 Å². The molecule has 0 spiro atoms. The molecule has 1 atom stereocenters. The fraction of sp³-hybridized carbons (Fsp3) is 0.625. The zero-order valence-electron chi connectivity index (χ0n) is 13.8. The number of nitrogens with zero attached hydrogens (tertiary/aromatic N) is 2. The highest BCUT2D eigenvalue weighted by molar-refractivity contribution is 5.99. The van der Waals surface area contributed by atoms with Crippen molar-refractivity contribution in [1.82, 2.24) is 15.2 Å². The molecule has 1 aromatic rings. The number of rotatable bonds is 8. The molecule has 1 amide bonds. The molecule has 5 heteroatoms. The van der Waals surface area contributed by atoms with Crippen molar-refractivity contribution in [2.75, 3.05) is 32.5 Å². The Balaban J connectivity index is 2.81. The van der Waals surface area contributed by atoms with Gasteiger partial charge >= 0.3 is 0 Å². The van der Waals surface area contributed by atoms with Crippen molar-refractivity contribution in [1.29, 1.82) is 0 Å². The van der Waals surface area contributed by atoms with Crippen LogP contribution >= 0.6 is 0 Å². The Hall–Kier alpha value is -1.62. The van der Waals surface area contributed by atoms with E-state index in [0.717, 1.165) is 25.2 Å². The molecule has 1 heterocycles. The van der Waals surface area contributed by atoms with Crippen LogP contribution in [-0.4, -0.2) is 49.0 Å². The largest absolute Gasteiger partial charge is 0.383 e. The van der Waals surface area contributed by atoms with Crippen LogP contribution in [0.4, 0.5) is 5.69 Å². The average Bonchev–Trinajstić information content (AvgIpc) is 2.38. The SMILES string of the molecule is CCNc1cnccc1C(=O)NC(CC(C)C)CN(C)C. The number of amides is 1. The summed E-state index contributed by atoms with van der Waals surface area (Å²) in [7, 11) is 4.05. The van der Waals surface area contributed by atoms with Gasteiger partial charge in [-0.05, 0) is 39.4 Å². The Bertz CT molecular complexity index is 436. The highest BCUT2D eigenvalue weighted by Gasteiger charge is 2.18. The van der Waals surface area contributed by atoms with Gasteiger partial charge in [-0.1, -0.05) is 13.8 Å². The molecule has 5 nitrogen and oxygen atoms in total. The second-order valence-electron chi connectivity index (χ2n) is 6.01. The van der Waals surface area contributed by atoms with E-state index in [1.807, 2.05) is 21.0 Å². The van der Waals surface area contributed by atoms with Gasteiger partial charge in [0.05, 0.1) is 17.4 Å². The molecule has 0 aliphatic rings. The third-order valence-corrected chi connectivity index (χ3v) is 3.11. The van der Waals surface area contributed by atoms with Crippen molar-refractivity contribution in [2.45, 2.75) is 33.2 Å². The average molecular weight is 292 g/mol. The number of aromatic nitrogens is 1. The van der Waals surface area contributed by atoms with E-state index < -0.39 is 0 Å². The number of pyridine rings is 1. The highest BCUT2D eigenvalue weighted by Crippen LogP contribution is 2.14. The van der Waals surface area contributed by atoms with Gasteiger partial charge in [-0.3, -0.25) is 9.78 Å². The Labute approximate surface area is 128 Å². The van der Waals surface area contributed by atoms with E-state index >= 15 is 0 Å². The molecule has 0 fully saturated rings. The normalized spacial score (nSPS) is 12.5. The summed E-state index contributed by atoms with van der Waals surface area (Å²) < 4.78 is 0. The summed E-state index contributed by atoms with van der Waals surface area (Å²) in [6.45, 7) is 7.95. The first-order valence-electron chi connectivity index (χ1n) is 7.57. The fourth-order valence-corrected chi connectivity index (χ4v) is 2.38. The van der Waals surface area contributed by atoms with Crippen LogP contribution in [-0.2, 0) is 0 Å². The monoisotopic (exact) mass is 292 g/mol. The molecule has 1 aromatic heterocycles. The minimum absolute atomic E-state index is 0.0409. The number of hydrogen-bond acceptors (Lipinski definition) is 4. The maximum absolute atomic E-state index is 12.5. The lowest BCUT2D eigenvalue weighted by Gasteiger charge is -2.24. The van der Waals surface area contributed by atoms with Gasteiger partial charge < -0.3 is 15.5 Å². The number of likely N-dealkylation sites (N-methyl/N-ethyl adjacent to an activating group) is 1. The molecular formula is C16H28N4O. The summed E-state index contributed by atoms with van der Waals surface area (Å²) in [4.78, 5) is 18.7. The van der Waals surface area contributed by atoms with Crippen LogP contribution in [0.2, 0.25) is 0 Å². The van der Waals surface area contributed by atoms with Crippen LogP contribution in [0, 0.1) is 5.92 Å². The topological polar surface area (TPSA) is 57.3 Å². The third kappa shape index (κ3) is 6.12. The molecule has 0 aromatic carbocycles. The summed E-state index contributed by atoms with van der Waals surface area (Å²) in [5, 5.41) is 6.32. The van der Waals surface area contributed by atoms with Crippen LogP contribution in [0.5, 0.6) is 0 Å². The number of nitrogens with one attached hydrogen (secondary N) is 2. The summed E-state index contributed by atoms with van der Waals surface area (Å²) >= 11 is 0. The molecule has 2 N–H and O–H groups in total. The molecular weight excluding hydrogens is 264 g/mol. The van der Waals surface area contributed by atoms with Crippen molar-refractivity contribution in [3.63, 3.8) is 0 Å². The molecule has 21 heavy (non-hydrogen) atoms. The standard InChI is InChI=1S/C16H28N4O/c1-6-18-15-10-17-8-7-14(15)16(21)19-13(9-12(2)3)11-20(4)5/h7-8,10,12-13,18H,6,9,11H2,1-5H3,(H,19,21). The number of carbonyl (C=O) groups is 1. The number of anilines is 1. The van der Waals surface area contributed by atoms with Gasteiger partial charge in [0.2, 0.25) is 0 Å². The molecule has 0 aliphatic heterocycles. The minimum atomic E-state index is -0.0409. The van der Waals surface area contributed by atoms with Crippen LogP contribution in [0.15, 0.2) is 18.5 Å². The summed E-state index contributed by atoms with van der Waals surface area (Å²) in [5.74, 6) is 0.502. The van der Waals surface area contributed by atoms with Crippen molar-refractivity contribution < 1.29 is 4.79 Å². The zero-order valence-corrected chi connectivity index (χ0v) is 13.8. The molecule has 118 valence electrons. The van der Waals surface area contributed by atoms with Gasteiger partial charge in [0.1, 0.15) is 0 Å². The van der Waals surface area contributed by atoms with Gasteiger partial charge in [-0.15, -0.1) is 0 Å². The predicted octanol–water partition coefficient (Wildman–Crippen LogP) is 2.22. The maximum atomic E-state index is 12.5. The highest BCUT2D eigenvalue weighted by atomic mass is 16.1. The molecule has 0 radical (unpaired) electrons. The van der Waals surface area contributed by atoms with Gasteiger partial charge in [0.15, 0.2) is 0 Å². The Morgan fingerprint density at radius 3 is 2.67 bits per heavy atom. The Morgan fingerprint density at radius 1 is 1.38 bits per heavy atom. The molecule has 1 rings (SSSR count). The van der Waals surface area contributed by atoms with E-state index in [1.165, 1.54) is 0 Å². The zero-order chi connectivity index (χ0) is 15.8. The van der Waals surface area contributed by atoms with Crippen molar-refractivity contribution >= 4 is 11.6 Å². The fourth-order valence-electron chi connectivity index (χ4n) is 2.38. The molecule has 0 aliphatic carbocycles. The smallest absolute Gasteiger partial charge is 0.253 e. The van der Waals surface area contributed by atoms with Crippen LogP contribution in [0.1, 0.15) is 37.6 Å². The quantitative estimate of drug-likeness (QED) is 0.771. The van der Waals surface area contributed by atoms with Gasteiger partial charge in [0, 0.05) is 25.3 Å². The second kappa shape index (κ2) is 8.62. The van der Waals surface area contributed by atoms with Crippen molar-refractivity contribution in [3.8, 4) is 0 Å². The first-order chi connectivity index (χ1) is 9.93. The number of hydrogen-bond donors (Lipinski definition) is 2. The molecule has 1 unspecified atom stereocenters. The molecule has 0 bridgehead atoms. The van der Waals surface area contributed by atoms with Crippen LogP contribution < -0.4 is 10.6 Å². The third-order valence-electron chi connectivity index (χ3n) is 3.11. The maximum Gasteiger partial charge on any atom is 0.253 e. The van der Waals surface area contributed by atoms with E-state index in [4.69, 9.17) is 0 Å². The summed E-state index contributed by atoms with van der Waals surface area (Å²) in [6.07, 6.45) is 4.31. The number of carbonyl (C=O) groups excluding carboxylic acids is 1. The van der Waals surface area contributed by atoms with E-state index in [1.54, 1.807) is 18.5 Å². The van der Waals surface area contributed by atoms with Crippen LogP contribution in [0.3, 0.4) is 0 Å². The summed E-state index contributed by atoms with van der Waals surface area (Å²) in [6, 6.07) is 1.91. The second-order valence-corrected chi connectivity index (χ2v) is 6.01. The summed E-state index contributed by atoms with van der Waals surface area (Å²) in [5.41, 5.74) is 1.44. The first kappa shape index (κ1) is 17.4. The Morgan fingerprint density at radius 2 is 2.10 bits per heavy atom. The van der Waals surface area contributed by atoms with Gasteiger partial charge in [0.25, 0.3) is 5.91 Å².